The smallest absolute Gasteiger partial charge is 0.343 e. The molecule has 0 spiro atoms. The highest BCUT2D eigenvalue weighted by molar-refractivity contribution is 6.30. The highest BCUT2D eigenvalue weighted by Gasteiger charge is 2.09. The quantitative estimate of drug-likeness (QED) is 0.250. The number of ketones is 1. The molecule has 134 valence electrons. The Morgan fingerprint density at radius 3 is 2.04 bits per heavy atom. The summed E-state index contributed by atoms with van der Waals surface area (Å²) in [4.78, 5) is 24.2. The van der Waals surface area contributed by atoms with Crippen LogP contribution in [0.1, 0.15) is 26.3 Å². The highest BCUT2D eigenvalue weighted by atomic mass is 35.5. The second-order valence-electron chi connectivity index (χ2n) is 5.67. The second-order valence-corrected chi connectivity index (χ2v) is 6.11. The van der Waals surface area contributed by atoms with E-state index in [2.05, 4.69) is 0 Å². The van der Waals surface area contributed by atoms with E-state index in [1.165, 1.54) is 42.5 Å². The summed E-state index contributed by atoms with van der Waals surface area (Å²) in [7, 11) is 0. The van der Waals surface area contributed by atoms with Crippen LogP contribution in [-0.2, 0) is 0 Å². The molecule has 0 amide bonds. The van der Waals surface area contributed by atoms with Gasteiger partial charge in [-0.1, -0.05) is 29.8 Å². The fourth-order valence-corrected chi connectivity index (χ4v) is 2.41. The van der Waals surface area contributed by atoms with Gasteiger partial charge in [-0.3, -0.25) is 4.79 Å². The number of benzene rings is 3. The number of allylic oxidation sites excluding steroid dienone is 1. The predicted molar refractivity (Wildman–Crippen MR) is 103 cm³/mol. The van der Waals surface area contributed by atoms with Crippen molar-refractivity contribution in [1.29, 1.82) is 0 Å². The molecule has 0 saturated heterocycles. The van der Waals surface area contributed by atoms with Gasteiger partial charge in [-0.25, -0.2) is 9.18 Å². The summed E-state index contributed by atoms with van der Waals surface area (Å²) in [6.07, 6.45) is 3.16. The maximum Gasteiger partial charge on any atom is 0.343 e. The molecule has 3 rings (SSSR count). The van der Waals surface area contributed by atoms with Crippen LogP contribution < -0.4 is 4.74 Å². The Labute approximate surface area is 160 Å². The lowest BCUT2D eigenvalue weighted by atomic mass is 10.1. The fourth-order valence-electron chi connectivity index (χ4n) is 2.28. The van der Waals surface area contributed by atoms with E-state index >= 15 is 0 Å². The first-order chi connectivity index (χ1) is 13.0. The molecule has 0 heterocycles. The first-order valence-corrected chi connectivity index (χ1v) is 8.45. The molecule has 0 aromatic heterocycles. The molecule has 0 aliphatic carbocycles. The van der Waals surface area contributed by atoms with Gasteiger partial charge in [0.15, 0.2) is 5.78 Å². The maximum atomic E-state index is 12.9. The van der Waals surface area contributed by atoms with Crippen LogP contribution in [0.2, 0.25) is 5.02 Å². The van der Waals surface area contributed by atoms with Crippen LogP contribution >= 0.6 is 11.6 Å². The molecule has 3 aromatic carbocycles. The molecule has 0 aliphatic rings. The van der Waals surface area contributed by atoms with E-state index in [4.69, 9.17) is 16.3 Å². The molecular weight excluding hydrogens is 367 g/mol. The van der Waals surface area contributed by atoms with Crippen LogP contribution in [-0.4, -0.2) is 11.8 Å². The number of esters is 1. The van der Waals surface area contributed by atoms with Crippen molar-refractivity contribution in [2.24, 2.45) is 0 Å². The monoisotopic (exact) mass is 380 g/mol. The van der Waals surface area contributed by atoms with Crippen molar-refractivity contribution < 1.29 is 18.7 Å². The standard InChI is InChI=1S/C22H14ClFO3/c23-18-8-1-15(2-9-18)3-14-21(25)16-6-12-20(13-7-16)27-22(26)17-4-10-19(24)11-5-17/h1-14H/b14-3+. The van der Waals surface area contributed by atoms with Crippen molar-refractivity contribution in [2.75, 3.05) is 0 Å². The second kappa shape index (κ2) is 8.43. The lowest BCUT2D eigenvalue weighted by molar-refractivity contribution is 0.0734. The van der Waals surface area contributed by atoms with Crippen molar-refractivity contribution in [2.45, 2.75) is 0 Å². The van der Waals surface area contributed by atoms with Gasteiger partial charge < -0.3 is 4.74 Å². The Balaban J connectivity index is 1.64. The van der Waals surface area contributed by atoms with Crippen LogP contribution in [0.4, 0.5) is 4.39 Å². The summed E-state index contributed by atoms with van der Waals surface area (Å²) in [5.41, 5.74) is 1.56. The molecule has 0 radical (unpaired) electrons. The molecule has 5 heteroatoms. The molecule has 0 fully saturated rings. The van der Waals surface area contributed by atoms with Gasteiger partial charge >= 0.3 is 5.97 Å². The molecule has 27 heavy (non-hydrogen) atoms. The summed E-state index contributed by atoms with van der Waals surface area (Å²) >= 11 is 5.82. The number of hydrogen-bond donors (Lipinski definition) is 0. The molecule has 0 bridgehead atoms. The molecule has 3 aromatic rings. The molecule has 0 atom stereocenters. The lowest BCUT2D eigenvalue weighted by Crippen LogP contribution is -2.08. The number of carbonyl (C=O) groups is 2. The Morgan fingerprint density at radius 1 is 0.815 bits per heavy atom. The third-order valence-corrected chi connectivity index (χ3v) is 3.98. The zero-order valence-corrected chi connectivity index (χ0v) is 14.8. The van der Waals surface area contributed by atoms with E-state index in [1.807, 2.05) is 12.1 Å². The van der Waals surface area contributed by atoms with E-state index in [1.54, 1.807) is 30.3 Å². The van der Waals surface area contributed by atoms with Gasteiger partial charge in [-0.05, 0) is 72.3 Å². The largest absolute Gasteiger partial charge is 0.423 e. The van der Waals surface area contributed by atoms with Crippen LogP contribution in [0.25, 0.3) is 6.08 Å². The maximum absolute atomic E-state index is 12.9. The van der Waals surface area contributed by atoms with Crippen molar-refractivity contribution in [3.8, 4) is 5.75 Å². The number of ether oxygens (including phenoxy) is 1. The zero-order valence-electron chi connectivity index (χ0n) is 14.1. The predicted octanol–water partition coefficient (Wildman–Crippen LogP) is 5.59. The van der Waals surface area contributed by atoms with E-state index in [0.717, 1.165) is 5.56 Å². The molecule has 0 N–H and O–H groups in total. The SMILES string of the molecule is O=C(/C=C/c1ccc(Cl)cc1)c1ccc(OC(=O)c2ccc(F)cc2)cc1. The van der Waals surface area contributed by atoms with Gasteiger partial charge in [-0.15, -0.1) is 0 Å². The molecular formula is C22H14ClFO3. The number of rotatable bonds is 5. The Kier molecular flexibility index (Phi) is 5.79. The van der Waals surface area contributed by atoms with Crippen LogP contribution in [0.5, 0.6) is 5.75 Å². The van der Waals surface area contributed by atoms with Crippen LogP contribution in [0, 0.1) is 5.82 Å². The molecule has 0 saturated carbocycles. The van der Waals surface area contributed by atoms with Gasteiger partial charge in [0.25, 0.3) is 0 Å². The van der Waals surface area contributed by atoms with Crippen molar-refractivity contribution in [3.05, 3.63) is 106 Å². The zero-order chi connectivity index (χ0) is 19.2. The molecule has 0 unspecified atom stereocenters. The Hall–Kier alpha value is -3.24. The van der Waals surface area contributed by atoms with Gasteiger partial charge in [-0.2, -0.15) is 0 Å². The number of halogens is 2. The fraction of sp³-hybridized carbons (Fsp3) is 0. The summed E-state index contributed by atoms with van der Waals surface area (Å²) in [6.45, 7) is 0. The van der Waals surface area contributed by atoms with Gasteiger partial charge in [0, 0.05) is 10.6 Å². The average Bonchev–Trinajstić information content (AvgIpc) is 2.68. The summed E-state index contributed by atoms with van der Waals surface area (Å²) in [6, 6.07) is 18.4. The summed E-state index contributed by atoms with van der Waals surface area (Å²) in [5.74, 6) is -0.915. The third kappa shape index (κ3) is 5.12. The van der Waals surface area contributed by atoms with Gasteiger partial charge in [0.2, 0.25) is 0 Å². The topological polar surface area (TPSA) is 43.4 Å². The minimum absolute atomic E-state index is 0.179. The van der Waals surface area contributed by atoms with Crippen molar-refractivity contribution in [1.82, 2.24) is 0 Å². The van der Waals surface area contributed by atoms with E-state index in [9.17, 15) is 14.0 Å². The van der Waals surface area contributed by atoms with Crippen LogP contribution in [0.15, 0.2) is 78.9 Å². The Bertz CT molecular complexity index is 976. The van der Waals surface area contributed by atoms with Crippen molar-refractivity contribution in [3.63, 3.8) is 0 Å². The van der Waals surface area contributed by atoms with E-state index in [0.29, 0.717) is 16.3 Å². The minimum Gasteiger partial charge on any atom is -0.423 e. The third-order valence-electron chi connectivity index (χ3n) is 3.73. The first-order valence-electron chi connectivity index (χ1n) is 8.07. The molecule has 0 aliphatic heterocycles. The van der Waals surface area contributed by atoms with E-state index in [-0.39, 0.29) is 11.3 Å². The summed E-state index contributed by atoms with van der Waals surface area (Å²) < 4.78 is 18.1. The van der Waals surface area contributed by atoms with Crippen molar-refractivity contribution >= 4 is 29.4 Å². The highest BCUT2D eigenvalue weighted by Crippen LogP contribution is 2.16. The normalized spacial score (nSPS) is 10.7. The van der Waals surface area contributed by atoms with Gasteiger partial charge in [0.1, 0.15) is 11.6 Å². The molecule has 3 nitrogen and oxygen atoms in total. The van der Waals surface area contributed by atoms with Gasteiger partial charge in [0.05, 0.1) is 5.56 Å². The number of hydrogen-bond acceptors (Lipinski definition) is 3. The van der Waals surface area contributed by atoms with Crippen LogP contribution in [0.3, 0.4) is 0 Å². The average molecular weight is 381 g/mol. The number of carbonyl (C=O) groups excluding carboxylic acids is 2. The first kappa shape index (κ1) is 18.5. The van der Waals surface area contributed by atoms with E-state index < -0.39 is 11.8 Å². The summed E-state index contributed by atoms with van der Waals surface area (Å²) in [5, 5.41) is 0.629. The lowest BCUT2D eigenvalue weighted by Gasteiger charge is -2.05. The Morgan fingerprint density at radius 2 is 1.41 bits per heavy atom. The minimum atomic E-state index is -0.600.